The van der Waals surface area contributed by atoms with Gasteiger partial charge in [0.1, 0.15) is 5.60 Å². The van der Waals surface area contributed by atoms with Crippen LogP contribution in [0.2, 0.25) is 0 Å². The van der Waals surface area contributed by atoms with E-state index in [4.69, 9.17) is 4.74 Å². The molecule has 0 atom stereocenters. The Kier molecular flexibility index (Phi) is 5.11. The van der Waals surface area contributed by atoms with Crippen molar-refractivity contribution in [1.82, 2.24) is 9.78 Å². The number of hydrogen-bond donors (Lipinski definition) is 1. The van der Waals surface area contributed by atoms with E-state index >= 15 is 0 Å². The number of nitrogens with one attached hydrogen (secondary N) is 1. The van der Waals surface area contributed by atoms with E-state index in [-0.39, 0.29) is 5.82 Å². The van der Waals surface area contributed by atoms with Gasteiger partial charge < -0.3 is 4.74 Å². The van der Waals surface area contributed by atoms with E-state index in [9.17, 15) is 22.8 Å². The molecule has 0 aliphatic heterocycles. The van der Waals surface area contributed by atoms with Crippen molar-refractivity contribution in [2.75, 3.05) is 5.32 Å². The number of rotatable bonds is 2. The second-order valence-corrected chi connectivity index (χ2v) is 6.58. The highest BCUT2D eigenvalue weighted by Crippen LogP contribution is 2.29. The van der Waals surface area contributed by atoms with E-state index < -0.39 is 28.9 Å². The first-order valence-corrected chi connectivity index (χ1v) is 7.65. The third-order valence-corrected chi connectivity index (χ3v) is 3.17. The third kappa shape index (κ3) is 4.84. The highest BCUT2D eigenvalue weighted by Gasteiger charge is 2.30. The number of aryl methyl sites for hydroxylation is 1. The fraction of sp³-hybridized carbons (Fsp3) is 0.353. The van der Waals surface area contributed by atoms with Crippen molar-refractivity contribution < 1.29 is 22.7 Å². The van der Waals surface area contributed by atoms with Crippen LogP contribution in [-0.4, -0.2) is 21.5 Å². The Hall–Kier alpha value is -2.84. The van der Waals surface area contributed by atoms with Crippen LogP contribution in [-0.2, 0) is 10.9 Å². The maximum absolute atomic E-state index is 12.7. The number of anilines is 1. The van der Waals surface area contributed by atoms with Crippen LogP contribution in [0.15, 0.2) is 35.1 Å². The molecule has 6 nitrogen and oxygen atoms in total. The molecular weight excluding hydrogens is 351 g/mol. The van der Waals surface area contributed by atoms with Crippen LogP contribution >= 0.6 is 0 Å². The standard InChI is InChI=1S/C17H18F3N3O3/c1-10-9-13(24)14(21-15(25)26-16(2,3)4)22-23(10)12-7-5-11(6-8-12)17(18,19)20/h5-9H,1-4H3,(H,21,22,25). The molecular formula is C17H18F3N3O3. The first-order chi connectivity index (χ1) is 11.9. The Morgan fingerprint density at radius 2 is 1.73 bits per heavy atom. The number of carbonyl (C=O) groups excluding carboxylic acids is 1. The molecule has 0 spiro atoms. The Morgan fingerprint density at radius 3 is 2.23 bits per heavy atom. The van der Waals surface area contributed by atoms with Gasteiger partial charge in [-0.2, -0.15) is 13.2 Å². The Morgan fingerprint density at radius 1 is 1.15 bits per heavy atom. The fourth-order valence-electron chi connectivity index (χ4n) is 2.09. The van der Waals surface area contributed by atoms with Crippen LogP contribution in [0.25, 0.3) is 5.69 Å². The molecule has 1 aromatic carbocycles. The van der Waals surface area contributed by atoms with Gasteiger partial charge >= 0.3 is 12.3 Å². The minimum Gasteiger partial charge on any atom is -0.444 e. The van der Waals surface area contributed by atoms with Crippen molar-refractivity contribution in [1.29, 1.82) is 0 Å². The summed E-state index contributed by atoms with van der Waals surface area (Å²) in [5.74, 6) is -0.287. The molecule has 26 heavy (non-hydrogen) atoms. The molecule has 1 amide bonds. The van der Waals surface area contributed by atoms with Crippen molar-refractivity contribution in [2.45, 2.75) is 39.5 Å². The van der Waals surface area contributed by atoms with Crippen molar-refractivity contribution in [2.24, 2.45) is 0 Å². The molecule has 0 unspecified atom stereocenters. The van der Waals surface area contributed by atoms with Gasteiger partial charge in [0, 0.05) is 11.8 Å². The lowest BCUT2D eigenvalue weighted by atomic mass is 10.2. The van der Waals surface area contributed by atoms with Crippen molar-refractivity contribution in [3.05, 3.63) is 51.8 Å². The van der Waals surface area contributed by atoms with Gasteiger partial charge in [-0.15, -0.1) is 5.10 Å². The normalized spacial score (nSPS) is 12.0. The van der Waals surface area contributed by atoms with Gasteiger partial charge in [-0.25, -0.2) is 9.48 Å². The van der Waals surface area contributed by atoms with Crippen LogP contribution in [0.5, 0.6) is 0 Å². The van der Waals surface area contributed by atoms with Gasteiger partial charge in [0.25, 0.3) is 0 Å². The Bertz CT molecular complexity index is 866. The fourth-order valence-corrected chi connectivity index (χ4v) is 2.09. The molecule has 0 bridgehead atoms. The quantitative estimate of drug-likeness (QED) is 0.871. The van der Waals surface area contributed by atoms with E-state index in [1.54, 1.807) is 27.7 Å². The average molecular weight is 369 g/mol. The SMILES string of the molecule is Cc1cc(=O)c(NC(=O)OC(C)(C)C)nn1-c1ccc(C(F)(F)F)cc1. The molecule has 0 radical (unpaired) electrons. The molecule has 0 fully saturated rings. The first kappa shape index (κ1) is 19.5. The van der Waals surface area contributed by atoms with Crippen LogP contribution in [0, 0.1) is 6.92 Å². The van der Waals surface area contributed by atoms with Crippen LogP contribution in [0.3, 0.4) is 0 Å². The number of benzene rings is 1. The van der Waals surface area contributed by atoms with E-state index in [1.807, 2.05) is 0 Å². The highest BCUT2D eigenvalue weighted by molar-refractivity contribution is 5.83. The predicted octanol–water partition coefficient (Wildman–Crippen LogP) is 3.91. The molecule has 1 N–H and O–H groups in total. The number of carbonyl (C=O) groups is 1. The summed E-state index contributed by atoms with van der Waals surface area (Å²) < 4.78 is 44.3. The lowest BCUT2D eigenvalue weighted by Gasteiger charge is -2.19. The van der Waals surface area contributed by atoms with Crippen molar-refractivity contribution in [3.8, 4) is 5.69 Å². The summed E-state index contributed by atoms with van der Waals surface area (Å²) in [4.78, 5) is 23.8. The van der Waals surface area contributed by atoms with E-state index in [1.165, 1.54) is 22.9 Å². The highest BCUT2D eigenvalue weighted by atomic mass is 19.4. The van der Waals surface area contributed by atoms with Gasteiger partial charge in [0.15, 0.2) is 0 Å². The monoisotopic (exact) mass is 369 g/mol. The van der Waals surface area contributed by atoms with Gasteiger partial charge in [0.05, 0.1) is 11.3 Å². The molecule has 0 aliphatic rings. The summed E-state index contributed by atoms with van der Waals surface area (Å²) in [6, 6.07) is 5.50. The van der Waals surface area contributed by atoms with Gasteiger partial charge in [-0.1, -0.05) is 0 Å². The minimum atomic E-state index is -4.45. The summed E-state index contributed by atoms with van der Waals surface area (Å²) in [7, 11) is 0. The summed E-state index contributed by atoms with van der Waals surface area (Å²) in [6.07, 6.45) is -5.31. The van der Waals surface area contributed by atoms with E-state index in [2.05, 4.69) is 10.4 Å². The third-order valence-electron chi connectivity index (χ3n) is 3.17. The summed E-state index contributed by atoms with van der Waals surface area (Å²) in [5.41, 5.74) is -1.41. The second-order valence-electron chi connectivity index (χ2n) is 6.58. The molecule has 0 aliphatic carbocycles. The first-order valence-electron chi connectivity index (χ1n) is 7.65. The van der Waals surface area contributed by atoms with E-state index in [0.717, 1.165) is 12.1 Å². The zero-order valence-corrected chi connectivity index (χ0v) is 14.6. The number of ether oxygens (including phenoxy) is 1. The maximum Gasteiger partial charge on any atom is 0.416 e. The van der Waals surface area contributed by atoms with Crippen LogP contribution in [0.1, 0.15) is 32.0 Å². The zero-order chi connectivity index (χ0) is 19.7. The smallest absolute Gasteiger partial charge is 0.416 e. The zero-order valence-electron chi connectivity index (χ0n) is 14.6. The van der Waals surface area contributed by atoms with Crippen LogP contribution < -0.4 is 10.7 Å². The Labute approximate surface area is 147 Å². The number of alkyl halides is 3. The van der Waals surface area contributed by atoms with E-state index in [0.29, 0.717) is 11.4 Å². The number of amides is 1. The lowest BCUT2D eigenvalue weighted by Crippen LogP contribution is -2.30. The van der Waals surface area contributed by atoms with Gasteiger partial charge in [0.2, 0.25) is 11.2 Å². The maximum atomic E-state index is 12.7. The Balaban J connectivity index is 2.36. The van der Waals surface area contributed by atoms with Crippen LogP contribution in [0.4, 0.5) is 23.8 Å². The van der Waals surface area contributed by atoms with Crippen molar-refractivity contribution in [3.63, 3.8) is 0 Å². The number of aromatic nitrogens is 2. The second kappa shape index (κ2) is 6.81. The lowest BCUT2D eigenvalue weighted by molar-refractivity contribution is -0.137. The topological polar surface area (TPSA) is 73.2 Å². The largest absolute Gasteiger partial charge is 0.444 e. The molecule has 0 saturated carbocycles. The molecule has 1 heterocycles. The molecule has 2 aromatic rings. The minimum absolute atomic E-state index is 0.287. The van der Waals surface area contributed by atoms with Gasteiger partial charge in [-0.3, -0.25) is 10.1 Å². The average Bonchev–Trinajstić information content (AvgIpc) is 2.47. The number of halogens is 3. The molecule has 1 aromatic heterocycles. The molecule has 2 rings (SSSR count). The summed E-state index contributed by atoms with van der Waals surface area (Å²) >= 11 is 0. The number of nitrogens with zero attached hydrogens (tertiary/aromatic N) is 2. The molecule has 9 heteroatoms. The van der Waals surface area contributed by atoms with Crippen molar-refractivity contribution >= 4 is 11.9 Å². The predicted molar refractivity (Wildman–Crippen MR) is 89.4 cm³/mol. The summed E-state index contributed by atoms with van der Waals surface area (Å²) in [6.45, 7) is 6.56. The summed E-state index contributed by atoms with van der Waals surface area (Å²) in [5, 5.41) is 6.27. The molecule has 0 saturated heterocycles. The van der Waals surface area contributed by atoms with Gasteiger partial charge in [-0.05, 0) is 52.0 Å². The number of hydrogen-bond acceptors (Lipinski definition) is 4. The molecule has 140 valence electrons.